The van der Waals surface area contributed by atoms with Gasteiger partial charge >= 0.3 is 0 Å². The van der Waals surface area contributed by atoms with Gasteiger partial charge in [-0.3, -0.25) is 4.79 Å². The molecule has 1 aromatic carbocycles. The summed E-state index contributed by atoms with van der Waals surface area (Å²) in [4.78, 5) is 16.1. The summed E-state index contributed by atoms with van der Waals surface area (Å²) in [5, 5.41) is 4.95. The average Bonchev–Trinajstić information content (AvgIpc) is 3.21. The maximum Gasteiger partial charge on any atom is 0.251 e. The Hall–Kier alpha value is -1.78. The highest BCUT2D eigenvalue weighted by Crippen LogP contribution is 2.24. The molecular weight excluding hydrogens is 422 g/mol. The number of thiophene rings is 1. The van der Waals surface area contributed by atoms with Crippen molar-refractivity contribution < 1.29 is 17.9 Å². The van der Waals surface area contributed by atoms with Gasteiger partial charge in [-0.1, -0.05) is 12.1 Å². The third-order valence-electron chi connectivity index (χ3n) is 5.07. The molecule has 3 unspecified atom stereocenters. The first-order valence-electron chi connectivity index (χ1n) is 9.92. The molecule has 1 aliphatic heterocycles. The zero-order valence-electron chi connectivity index (χ0n) is 17.7. The number of nitrogens with zero attached hydrogens (tertiary/aromatic N) is 2. The average molecular weight is 452 g/mol. The summed E-state index contributed by atoms with van der Waals surface area (Å²) < 4.78 is 33.3. The lowest BCUT2D eigenvalue weighted by Gasteiger charge is -2.34. The van der Waals surface area contributed by atoms with E-state index in [0.717, 1.165) is 4.88 Å². The Bertz CT molecular complexity index is 950. The van der Waals surface area contributed by atoms with Gasteiger partial charge in [0.2, 0.25) is 10.0 Å². The van der Waals surface area contributed by atoms with E-state index in [0.29, 0.717) is 25.2 Å². The first-order chi connectivity index (χ1) is 14.2. The fourth-order valence-electron chi connectivity index (χ4n) is 3.58. The van der Waals surface area contributed by atoms with Gasteiger partial charge in [-0.05, 0) is 57.6 Å². The minimum Gasteiger partial charge on any atom is -0.373 e. The van der Waals surface area contributed by atoms with Gasteiger partial charge in [0.05, 0.1) is 23.1 Å². The number of carbonyl (C=O) groups excluding carboxylic acids is 1. The molecule has 3 atom stereocenters. The van der Waals surface area contributed by atoms with E-state index in [1.54, 1.807) is 23.5 Å². The number of rotatable bonds is 7. The van der Waals surface area contributed by atoms with E-state index in [1.165, 1.54) is 16.4 Å². The molecule has 1 aliphatic rings. The van der Waals surface area contributed by atoms with Gasteiger partial charge < -0.3 is 15.0 Å². The smallest absolute Gasteiger partial charge is 0.251 e. The fraction of sp³-hybridized carbons (Fsp3) is 0.476. The van der Waals surface area contributed by atoms with E-state index in [-0.39, 0.29) is 29.1 Å². The molecule has 0 spiro atoms. The van der Waals surface area contributed by atoms with Crippen LogP contribution in [0.2, 0.25) is 0 Å². The van der Waals surface area contributed by atoms with E-state index >= 15 is 0 Å². The molecule has 1 amide bonds. The van der Waals surface area contributed by atoms with Crippen molar-refractivity contribution in [1.29, 1.82) is 0 Å². The second-order valence-corrected chi connectivity index (χ2v) is 10.7. The number of ether oxygens (including phenoxy) is 1. The molecular formula is C21H29N3O4S2. The largest absolute Gasteiger partial charge is 0.373 e. The van der Waals surface area contributed by atoms with Crippen LogP contribution in [0.4, 0.5) is 0 Å². The molecule has 0 saturated carbocycles. The molecule has 1 aromatic heterocycles. The van der Waals surface area contributed by atoms with Crippen LogP contribution in [0, 0.1) is 0 Å². The van der Waals surface area contributed by atoms with Crippen LogP contribution in [0.15, 0.2) is 46.7 Å². The Balaban J connectivity index is 1.73. The number of morpholine rings is 1. The van der Waals surface area contributed by atoms with Crippen LogP contribution in [0.1, 0.15) is 35.1 Å². The quantitative estimate of drug-likeness (QED) is 0.700. The number of likely N-dealkylation sites (N-methyl/N-ethyl adjacent to an activating group) is 1. The van der Waals surface area contributed by atoms with Gasteiger partial charge in [0.25, 0.3) is 5.91 Å². The van der Waals surface area contributed by atoms with Crippen LogP contribution < -0.4 is 5.32 Å². The van der Waals surface area contributed by atoms with Gasteiger partial charge in [-0.2, -0.15) is 4.31 Å². The Morgan fingerprint density at radius 2 is 1.93 bits per heavy atom. The molecule has 30 heavy (non-hydrogen) atoms. The van der Waals surface area contributed by atoms with Crippen molar-refractivity contribution in [3.05, 3.63) is 52.2 Å². The first kappa shape index (κ1) is 22.9. The highest BCUT2D eigenvalue weighted by molar-refractivity contribution is 7.89. The topological polar surface area (TPSA) is 79.0 Å². The predicted octanol–water partition coefficient (Wildman–Crippen LogP) is 2.58. The van der Waals surface area contributed by atoms with Gasteiger partial charge in [-0.25, -0.2) is 8.42 Å². The molecule has 7 nitrogen and oxygen atoms in total. The lowest BCUT2D eigenvalue weighted by molar-refractivity contribution is -0.0440. The number of amides is 1. The molecule has 1 N–H and O–H groups in total. The number of carbonyl (C=O) groups is 1. The maximum absolute atomic E-state index is 13.1. The molecule has 0 radical (unpaired) electrons. The third-order valence-corrected chi connectivity index (χ3v) is 7.87. The van der Waals surface area contributed by atoms with E-state index in [9.17, 15) is 13.2 Å². The Labute approximate surface area is 182 Å². The van der Waals surface area contributed by atoms with Gasteiger partial charge in [0, 0.05) is 30.1 Å². The van der Waals surface area contributed by atoms with Crippen molar-refractivity contribution in [1.82, 2.24) is 14.5 Å². The summed E-state index contributed by atoms with van der Waals surface area (Å²) >= 11 is 1.64. The molecule has 9 heteroatoms. The minimum atomic E-state index is -3.70. The summed E-state index contributed by atoms with van der Waals surface area (Å²) in [7, 11) is 0.235. The van der Waals surface area contributed by atoms with Crippen LogP contribution in [0.5, 0.6) is 0 Å². The van der Waals surface area contributed by atoms with Crippen molar-refractivity contribution in [2.24, 2.45) is 0 Å². The lowest BCUT2D eigenvalue weighted by Crippen LogP contribution is -2.48. The maximum atomic E-state index is 13.1. The van der Waals surface area contributed by atoms with Gasteiger partial charge in [-0.15, -0.1) is 11.3 Å². The summed E-state index contributed by atoms with van der Waals surface area (Å²) in [6, 6.07) is 10.3. The van der Waals surface area contributed by atoms with Crippen LogP contribution in [0.3, 0.4) is 0 Å². The predicted molar refractivity (Wildman–Crippen MR) is 118 cm³/mol. The number of benzene rings is 1. The van der Waals surface area contributed by atoms with E-state index in [1.807, 2.05) is 50.4 Å². The molecule has 1 fully saturated rings. The van der Waals surface area contributed by atoms with E-state index in [2.05, 4.69) is 5.32 Å². The van der Waals surface area contributed by atoms with Crippen molar-refractivity contribution in [3.8, 4) is 0 Å². The molecule has 0 bridgehead atoms. The van der Waals surface area contributed by atoms with Gasteiger partial charge in [0.15, 0.2) is 0 Å². The molecule has 1 saturated heterocycles. The van der Waals surface area contributed by atoms with E-state index < -0.39 is 10.0 Å². The summed E-state index contributed by atoms with van der Waals surface area (Å²) in [6.45, 7) is 4.75. The SMILES string of the molecule is CC1CN(S(=O)(=O)c2cccc(C(=O)NCC(c3cccs3)N(C)C)c2)CC(C)O1. The van der Waals surface area contributed by atoms with Crippen molar-refractivity contribution in [2.45, 2.75) is 37.0 Å². The monoisotopic (exact) mass is 451 g/mol. The third kappa shape index (κ3) is 5.28. The number of hydrogen-bond donors (Lipinski definition) is 1. The second kappa shape index (κ2) is 9.57. The number of nitrogens with one attached hydrogen (secondary N) is 1. The molecule has 164 valence electrons. The zero-order valence-corrected chi connectivity index (χ0v) is 19.4. The second-order valence-electron chi connectivity index (χ2n) is 7.81. The normalized spacial score (nSPS) is 21.5. The standard InChI is InChI=1S/C21H29N3O4S2/c1-15-13-24(14-16(2)28-15)30(26,27)18-8-5-7-17(11-18)21(25)22-12-19(23(3)4)20-9-6-10-29-20/h5-11,15-16,19H,12-14H2,1-4H3,(H,22,25). The van der Waals surface area contributed by atoms with E-state index in [4.69, 9.17) is 4.74 Å². The molecule has 2 aromatic rings. The van der Waals surface area contributed by atoms with Crippen molar-refractivity contribution in [3.63, 3.8) is 0 Å². The molecule has 3 rings (SSSR count). The molecule has 0 aliphatic carbocycles. The zero-order chi connectivity index (χ0) is 21.9. The highest BCUT2D eigenvalue weighted by Gasteiger charge is 2.32. The van der Waals surface area contributed by atoms with Crippen LogP contribution >= 0.6 is 11.3 Å². The number of hydrogen-bond acceptors (Lipinski definition) is 6. The lowest BCUT2D eigenvalue weighted by atomic mass is 10.2. The Morgan fingerprint density at radius 1 is 1.23 bits per heavy atom. The van der Waals surface area contributed by atoms with Crippen molar-refractivity contribution >= 4 is 27.3 Å². The van der Waals surface area contributed by atoms with Crippen molar-refractivity contribution in [2.75, 3.05) is 33.7 Å². The Kier molecular flexibility index (Phi) is 7.30. The summed E-state index contributed by atoms with van der Waals surface area (Å²) in [5.41, 5.74) is 0.328. The Morgan fingerprint density at radius 3 is 2.53 bits per heavy atom. The summed E-state index contributed by atoms with van der Waals surface area (Å²) in [6.07, 6.45) is -0.342. The molecule has 2 heterocycles. The van der Waals surface area contributed by atoms with Crippen LogP contribution in [-0.2, 0) is 14.8 Å². The van der Waals surface area contributed by atoms with Gasteiger partial charge in [0.1, 0.15) is 0 Å². The highest BCUT2D eigenvalue weighted by atomic mass is 32.2. The number of sulfonamides is 1. The minimum absolute atomic E-state index is 0.0530. The van der Waals surface area contributed by atoms with Crippen LogP contribution in [0.25, 0.3) is 0 Å². The first-order valence-corrected chi connectivity index (χ1v) is 12.2. The fourth-order valence-corrected chi connectivity index (χ4v) is 6.14. The van der Waals surface area contributed by atoms with Crippen LogP contribution in [-0.4, -0.2) is 69.5 Å². The summed E-state index contributed by atoms with van der Waals surface area (Å²) in [5.74, 6) is -0.292.